The zero-order valence-electron chi connectivity index (χ0n) is 12.0. The molecule has 0 bridgehead atoms. The monoisotopic (exact) mass is 344 g/mol. The highest BCUT2D eigenvalue weighted by atomic mass is 32.2. The van der Waals surface area contributed by atoms with Gasteiger partial charge in [-0.3, -0.25) is 9.59 Å². The first-order chi connectivity index (χ1) is 9.62. The Balaban J connectivity index is 4.01. The minimum atomic E-state index is -3.53. The van der Waals surface area contributed by atoms with E-state index >= 15 is 0 Å². The van der Waals surface area contributed by atoms with Crippen LogP contribution in [0.15, 0.2) is 0 Å². The van der Waals surface area contributed by atoms with Crippen LogP contribution in [0.4, 0.5) is 0 Å². The highest BCUT2D eigenvalue weighted by Gasteiger charge is 2.18. The maximum absolute atomic E-state index is 11.5. The first kappa shape index (κ1) is 19.8. The molecule has 0 saturated heterocycles. The fourth-order valence-electron chi connectivity index (χ4n) is 1.44. The number of rotatable bonds is 10. The van der Waals surface area contributed by atoms with Crippen molar-refractivity contribution in [2.45, 2.75) is 19.3 Å². The minimum Gasteiger partial charge on any atom is -0.468 e. The molecule has 0 fully saturated rings. The van der Waals surface area contributed by atoms with Crippen LogP contribution in [0.3, 0.4) is 0 Å². The second-order valence-electron chi connectivity index (χ2n) is 4.40. The molecule has 0 saturated carbocycles. The number of hydrogen-bond acceptors (Lipinski definition) is 8. The summed E-state index contributed by atoms with van der Waals surface area (Å²) >= 11 is 0. The van der Waals surface area contributed by atoms with Gasteiger partial charge < -0.3 is 9.47 Å². The van der Waals surface area contributed by atoms with Crippen LogP contribution < -0.4 is 0 Å². The van der Waals surface area contributed by atoms with E-state index in [0.29, 0.717) is 6.42 Å². The van der Waals surface area contributed by atoms with Crippen LogP contribution in [-0.4, -0.2) is 66.0 Å². The van der Waals surface area contributed by atoms with Gasteiger partial charge >= 0.3 is 11.9 Å². The summed E-state index contributed by atoms with van der Waals surface area (Å²) in [7, 11) is -4.86. The van der Waals surface area contributed by atoms with E-state index in [9.17, 15) is 26.4 Å². The molecular weight excluding hydrogens is 324 g/mol. The standard InChI is InChI=1S/C11H20O8S2/c1-18-10(12)8-20(14,15)6-4-3-5-7-21(16,17)9-11(13)19-2/h3-9H2,1-2H3. The predicted octanol–water partition coefficient (Wildman–Crippen LogP) is -0.668. The highest BCUT2D eigenvalue weighted by molar-refractivity contribution is 7.92. The molecule has 8 nitrogen and oxygen atoms in total. The number of carbonyl (C=O) groups is 2. The third-order valence-corrected chi connectivity index (χ3v) is 5.71. The fourth-order valence-corrected chi connectivity index (χ4v) is 3.97. The number of ether oxygens (including phenoxy) is 2. The fraction of sp³-hybridized carbons (Fsp3) is 0.818. The second-order valence-corrected chi connectivity index (χ2v) is 8.77. The van der Waals surface area contributed by atoms with Crippen molar-refractivity contribution in [2.24, 2.45) is 0 Å². The van der Waals surface area contributed by atoms with E-state index < -0.39 is 43.1 Å². The summed E-state index contributed by atoms with van der Waals surface area (Å²) < 4.78 is 54.4. The molecule has 0 amide bonds. The van der Waals surface area contributed by atoms with E-state index in [0.717, 1.165) is 14.2 Å². The van der Waals surface area contributed by atoms with E-state index in [1.807, 2.05) is 0 Å². The molecular formula is C11H20O8S2. The summed E-state index contributed by atoms with van der Waals surface area (Å²) in [5, 5.41) is 0. The zero-order valence-corrected chi connectivity index (χ0v) is 13.7. The highest BCUT2D eigenvalue weighted by Crippen LogP contribution is 2.04. The van der Waals surface area contributed by atoms with Crippen LogP contribution in [0.1, 0.15) is 19.3 Å². The summed E-state index contributed by atoms with van der Waals surface area (Å²) in [6.07, 6.45) is 0.848. The van der Waals surface area contributed by atoms with Crippen molar-refractivity contribution in [3.63, 3.8) is 0 Å². The first-order valence-corrected chi connectivity index (χ1v) is 9.80. The van der Waals surface area contributed by atoms with E-state index in [-0.39, 0.29) is 24.3 Å². The zero-order chi connectivity index (χ0) is 16.5. The van der Waals surface area contributed by atoms with Crippen molar-refractivity contribution in [2.75, 3.05) is 37.2 Å². The number of sulfone groups is 2. The Bertz CT molecular complexity index is 497. The van der Waals surface area contributed by atoms with Gasteiger partial charge in [-0.25, -0.2) is 16.8 Å². The Morgan fingerprint density at radius 3 is 1.33 bits per heavy atom. The largest absolute Gasteiger partial charge is 0.468 e. The summed E-state index contributed by atoms with van der Waals surface area (Å²) in [6, 6.07) is 0. The summed E-state index contributed by atoms with van der Waals surface area (Å²) in [5.74, 6) is -3.42. The molecule has 0 aliphatic rings. The average molecular weight is 344 g/mol. The molecule has 0 radical (unpaired) electrons. The minimum absolute atomic E-state index is 0.209. The summed E-state index contributed by atoms with van der Waals surface area (Å²) in [4.78, 5) is 21.7. The predicted molar refractivity (Wildman–Crippen MR) is 75.2 cm³/mol. The maximum Gasteiger partial charge on any atom is 0.320 e. The maximum atomic E-state index is 11.5. The van der Waals surface area contributed by atoms with E-state index in [1.165, 1.54) is 0 Å². The quantitative estimate of drug-likeness (QED) is 0.378. The van der Waals surface area contributed by atoms with Gasteiger partial charge in [0.15, 0.2) is 19.7 Å². The van der Waals surface area contributed by atoms with Crippen LogP contribution in [0.25, 0.3) is 0 Å². The van der Waals surface area contributed by atoms with Crippen molar-refractivity contribution in [1.82, 2.24) is 0 Å². The van der Waals surface area contributed by atoms with Crippen LogP contribution in [-0.2, 0) is 38.7 Å². The van der Waals surface area contributed by atoms with Gasteiger partial charge in [0.25, 0.3) is 0 Å². The molecule has 0 unspecified atom stereocenters. The first-order valence-electron chi connectivity index (χ1n) is 6.16. The molecule has 10 heteroatoms. The van der Waals surface area contributed by atoms with Gasteiger partial charge in [0, 0.05) is 0 Å². The number of esters is 2. The molecule has 0 N–H and O–H groups in total. The van der Waals surface area contributed by atoms with E-state index in [2.05, 4.69) is 9.47 Å². The molecule has 0 heterocycles. The Labute approximate surface area is 124 Å². The van der Waals surface area contributed by atoms with Crippen LogP contribution in [0.2, 0.25) is 0 Å². The summed E-state index contributed by atoms with van der Waals surface area (Å²) in [6.45, 7) is 0. The van der Waals surface area contributed by atoms with Gasteiger partial charge in [0.05, 0.1) is 25.7 Å². The lowest BCUT2D eigenvalue weighted by molar-refractivity contribution is -0.138. The molecule has 0 aromatic heterocycles. The Hall–Kier alpha value is -1.16. The lowest BCUT2D eigenvalue weighted by Gasteiger charge is -2.04. The van der Waals surface area contributed by atoms with Crippen molar-refractivity contribution < 1.29 is 35.9 Å². The molecule has 0 atom stereocenters. The van der Waals surface area contributed by atoms with E-state index in [4.69, 9.17) is 0 Å². The average Bonchev–Trinajstić information content (AvgIpc) is 2.36. The molecule has 0 aromatic rings. The van der Waals surface area contributed by atoms with Gasteiger partial charge in [-0.05, 0) is 12.8 Å². The van der Waals surface area contributed by atoms with Crippen LogP contribution in [0, 0.1) is 0 Å². The van der Waals surface area contributed by atoms with Gasteiger partial charge in [-0.15, -0.1) is 0 Å². The summed E-state index contributed by atoms with van der Waals surface area (Å²) in [5.41, 5.74) is 0. The number of carbonyl (C=O) groups excluding carboxylic acids is 2. The molecule has 0 aromatic carbocycles. The van der Waals surface area contributed by atoms with Crippen molar-refractivity contribution in [1.29, 1.82) is 0 Å². The number of methoxy groups -OCH3 is 2. The number of unbranched alkanes of at least 4 members (excludes halogenated alkanes) is 2. The van der Waals surface area contributed by atoms with Gasteiger partial charge in [-0.1, -0.05) is 6.42 Å². The smallest absolute Gasteiger partial charge is 0.320 e. The topological polar surface area (TPSA) is 121 Å². The number of hydrogen-bond donors (Lipinski definition) is 0. The van der Waals surface area contributed by atoms with Crippen molar-refractivity contribution >= 4 is 31.6 Å². The molecule has 0 rings (SSSR count). The van der Waals surface area contributed by atoms with Crippen LogP contribution >= 0.6 is 0 Å². The third kappa shape index (κ3) is 10.2. The van der Waals surface area contributed by atoms with Crippen molar-refractivity contribution in [3.8, 4) is 0 Å². The third-order valence-electron chi connectivity index (χ3n) is 2.54. The van der Waals surface area contributed by atoms with Crippen molar-refractivity contribution in [3.05, 3.63) is 0 Å². The SMILES string of the molecule is COC(=O)CS(=O)(=O)CCCCCS(=O)(=O)CC(=O)OC. The molecule has 124 valence electrons. The van der Waals surface area contributed by atoms with Gasteiger partial charge in [-0.2, -0.15) is 0 Å². The van der Waals surface area contributed by atoms with Gasteiger partial charge in [0.1, 0.15) is 11.5 Å². The normalized spacial score (nSPS) is 11.9. The molecule has 0 aliphatic carbocycles. The molecule has 0 aliphatic heterocycles. The lowest BCUT2D eigenvalue weighted by atomic mass is 10.3. The van der Waals surface area contributed by atoms with Crippen LogP contribution in [0.5, 0.6) is 0 Å². The molecule has 21 heavy (non-hydrogen) atoms. The Kier molecular flexibility index (Phi) is 8.48. The Morgan fingerprint density at radius 2 is 1.05 bits per heavy atom. The lowest BCUT2D eigenvalue weighted by Crippen LogP contribution is -2.21. The second kappa shape index (κ2) is 8.98. The van der Waals surface area contributed by atoms with E-state index in [1.54, 1.807) is 0 Å². The Morgan fingerprint density at radius 1 is 0.714 bits per heavy atom. The van der Waals surface area contributed by atoms with Gasteiger partial charge in [0.2, 0.25) is 0 Å². The molecule has 0 spiro atoms.